The van der Waals surface area contributed by atoms with Gasteiger partial charge >= 0.3 is 7.12 Å². The van der Waals surface area contributed by atoms with Crippen LogP contribution in [0.25, 0.3) is 0 Å². The second-order valence-electron chi connectivity index (χ2n) is 6.80. The maximum Gasteiger partial charge on any atom is 0.486 e. The molecule has 0 bridgehead atoms. The zero-order valence-corrected chi connectivity index (χ0v) is 12.9. The quantitative estimate of drug-likeness (QED) is 0.568. The molecule has 0 radical (unpaired) electrons. The molecule has 18 heavy (non-hydrogen) atoms. The lowest BCUT2D eigenvalue weighted by Crippen LogP contribution is -2.41. The molecule has 1 heterocycles. The standard InChI is InChI=1S/C14H27BO3/c1-12(2,3)16-11-9-8-10-15-17-13(4,5)14(6,7)18-15/h8,10H,9,11H2,1-7H3/b10-8+. The Bertz CT molecular complexity index is 287. The molecule has 1 fully saturated rings. The van der Waals surface area contributed by atoms with Crippen LogP contribution >= 0.6 is 0 Å². The molecule has 0 saturated carbocycles. The summed E-state index contributed by atoms with van der Waals surface area (Å²) in [4.78, 5) is 0. The van der Waals surface area contributed by atoms with Gasteiger partial charge in [0.2, 0.25) is 0 Å². The Balaban J connectivity index is 2.33. The van der Waals surface area contributed by atoms with Crippen molar-refractivity contribution in [2.75, 3.05) is 6.61 Å². The Morgan fingerprint density at radius 2 is 1.56 bits per heavy atom. The van der Waals surface area contributed by atoms with Gasteiger partial charge in [0.1, 0.15) is 0 Å². The van der Waals surface area contributed by atoms with Crippen LogP contribution in [0.2, 0.25) is 0 Å². The number of hydrogen-bond acceptors (Lipinski definition) is 3. The first-order valence-corrected chi connectivity index (χ1v) is 6.70. The molecule has 0 amide bonds. The number of rotatable bonds is 4. The SMILES string of the molecule is CC(C)(C)OCC/C=C/B1OC(C)(C)C(C)(C)O1. The summed E-state index contributed by atoms with van der Waals surface area (Å²) < 4.78 is 17.4. The van der Waals surface area contributed by atoms with Gasteiger partial charge in [-0.3, -0.25) is 0 Å². The lowest BCUT2D eigenvalue weighted by atomic mass is 9.90. The van der Waals surface area contributed by atoms with Crippen molar-refractivity contribution in [1.82, 2.24) is 0 Å². The summed E-state index contributed by atoms with van der Waals surface area (Å²) in [5.41, 5.74) is -0.591. The molecule has 1 aliphatic heterocycles. The molecule has 1 rings (SSSR count). The van der Waals surface area contributed by atoms with Crippen molar-refractivity contribution in [3.8, 4) is 0 Å². The van der Waals surface area contributed by atoms with Gasteiger partial charge in [-0.05, 0) is 54.9 Å². The molecular formula is C14H27BO3. The van der Waals surface area contributed by atoms with E-state index >= 15 is 0 Å². The minimum absolute atomic E-state index is 0.0712. The average Bonchev–Trinajstić information content (AvgIpc) is 2.32. The average molecular weight is 254 g/mol. The molecule has 104 valence electrons. The minimum atomic E-state index is -0.260. The van der Waals surface area contributed by atoms with Crippen LogP contribution in [0.1, 0.15) is 54.9 Å². The second kappa shape index (κ2) is 5.36. The molecule has 0 aromatic rings. The normalized spacial score (nSPS) is 22.9. The van der Waals surface area contributed by atoms with Crippen molar-refractivity contribution >= 4 is 7.12 Å². The van der Waals surface area contributed by atoms with Crippen LogP contribution in [0.15, 0.2) is 12.1 Å². The smallest absolute Gasteiger partial charge is 0.400 e. The van der Waals surface area contributed by atoms with E-state index < -0.39 is 0 Å². The summed E-state index contributed by atoms with van der Waals surface area (Å²) in [5, 5.41) is 0. The molecule has 0 aromatic carbocycles. The lowest BCUT2D eigenvalue weighted by molar-refractivity contribution is -0.0000992. The molecule has 0 spiro atoms. The third kappa shape index (κ3) is 4.41. The monoisotopic (exact) mass is 254 g/mol. The summed E-state index contributed by atoms with van der Waals surface area (Å²) in [6.07, 6.45) is 2.94. The predicted octanol–water partition coefficient (Wildman–Crippen LogP) is 3.38. The van der Waals surface area contributed by atoms with Crippen LogP contribution in [-0.4, -0.2) is 30.5 Å². The van der Waals surface area contributed by atoms with Crippen LogP contribution in [-0.2, 0) is 14.0 Å². The van der Waals surface area contributed by atoms with Crippen molar-refractivity contribution in [1.29, 1.82) is 0 Å². The van der Waals surface area contributed by atoms with Gasteiger partial charge < -0.3 is 14.0 Å². The van der Waals surface area contributed by atoms with Crippen molar-refractivity contribution in [3.63, 3.8) is 0 Å². The largest absolute Gasteiger partial charge is 0.486 e. The first kappa shape index (κ1) is 15.7. The highest BCUT2D eigenvalue weighted by molar-refractivity contribution is 6.51. The van der Waals surface area contributed by atoms with Gasteiger partial charge in [0, 0.05) is 0 Å². The van der Waals surface area contributed by atoms with Crippen LogP contribution in [0.4, 0.5) is 0 Å². The van der Waals surface area contributed by atoms with Gasteiger partial charge in [0.05, 0.1) is 23.4 Å². The van der Waals surface area contributed by atoms with Gasteiger partial charge in [-0.15, -0.1) is 0 Å². The molecule has 1 aliphatic rings. The van der Waals surface area contributed by atoms with Crippen molar-refractivity contribution in [2.24, 2.45) is 0 Å². The Kier molecular flexibility index (Phi) is 4.68. The zero-order chi connectivity index (χ0) is 14.0. The third-order valence-electron chi connectivity index (χ3n) is 3.38. The number of hydrogen-bond donors (Lipinski definition) is 0. The first-order valence-electron chi connectivity index (χ1n) is 6.70. The first-order chi connectivity index (χ1) is 8.04. The van der Waals surface area contributed by atoms with Gasteiger partial charge in [0.15, 0.2) is 0 Å². The van der Waals surface area contributed by atoms with E-state index in [0.717, 1.165) is 13.0 Å². The zero-order valence-electron chi connectivity index (χ0n) is 12.9. The highest BCUT2D eigenvalue weighted by Crippen LogP contribution is 2.36. The van der Waals surface area contributed by atoms with Gasteiger partial charge in [-0.1, -0.05) is 12.1 Å². The fourth-order valence-electron chi connectivity index (χ4n) is 1.61. The number of ether oxygens (including phenoxy) is 1. The molecule has 0 atom stereocenters. The fourth-order valence-corrected chi connectivity index (χ4v) is 1.61. The van der Waals surface area contributed by atoms with E-state index in [-0.39, 0.29) is 23.9 Å². The van der Waals surface area contributed by atoms with Crippen LogP contribution in [0.5, 0.6) is 0 Å². The Hall–Kier alpha value is -0.315. The molecular weight excluding hydrogens is 227 g/mol. The van der Waals surface area contributed by atoms with Crippen molar-refractivity contribution < 1.29 is 14.0 Å². The van der Waals surface area contributed by atoms with Crippen molar-refractivity contribution in [3.05, 3.63) is 12.1 Å². The highest BCUT2D eigenvalue weighted by atomic mass is 16.7. The van der Waals surface area contributed by atoms with Crippen molar-refractivity contribution in [2.45, 2.75) is 71.7 Å². The third-order valence-corrected chi connectivity index (χ3v) is 3.38. The van der Waals surface area contributed by atoms with Crippen LogP contribution in [0, 0.1) is 0 Å². The van der Waals surface area contributed by atoms with E-state index in [1.54, 1.807) is 0 Å². The fraction of sp³-hybridized carbons (Fsp3) is 0.857. The van der Waals surface area contributed by atoms with E-state index in [2.05, 4.69) is 54.5 Å². The highest BCUT2D eigenvalue weighted by Gasteiger charge is 2.49. The summed E-state index contributed by atoms with van der Waals surface area (Å²) in [6.45, 7) is 15.1. The van der Waals surface area contributed by atoms with Gasteiger partial charge in [0.25, 0.3) is 0 Å². The summed E-state index contributed by atoms with van der Waals surface area (Å²) >= 11 is 0. The van der Waals surface area contributed by atoms with Gasteiger partial charge in [-0.2, -0.15) is 0 Å². The van der Waals surface area contributed by atoms with Crippen LogP contribution < -0.4 is 0 Å². The molecule has 3 nitrogen and oxygen atoms in total. The Morgan fingerprint density at radius 3 is 2.00 bits per heavy atom. The van der Waals surface area contributed by atoms with E-state index in [0.29, 0.717) is 0 Å². The maximum atomic E-state index is 5.86. The van der Waals surface area contributed by atoms with Crippen LogP contribution in [0.3, 0.4) is 0 Å². The second-order valence-corrected chi connectivity index (χ2v) is 6.80. The molecule has 0 N–H and O–H groups in total. The van der Waals surface area contributed by atoms with Gasteiger partial charge in [-0.25, -0.2) is 0 Å². The molecule has 0 aromatic heterocycles. The van der Waals surface area contributed by atoms with E-state index in [1.807, 2.05) is 5.98 Å². The summed E-state index contributed by atoms with van der Waals surface area (Å²) in [6, 6.07) is 0. The molecule has 0 aliphatic carbocycles. The molecule has 0 unspecified atom stereocenters. The molecule has 1 saturated heterocycles. The maximum absolute atomic E-state index is 5.86. The van der Waals surface area contributed by atoms with E-state index in [4.69, 9.17) is 14.0 Å². The lowest BCUT2D eigenvalue weighted by Gasteiger charge is -2.32. The summed E-state index contributed by atoms with van der Waals surface area (Å²) in [5.74, 6) is 1.97. The summed E-state index contributed by atoms with van der Waals surface area (Å²) in [7, 11) is -0.246. The Morgan fingerprint density at radius 1 is 1.06 bits per heavy atom. The minimum Gasteiger partial charge on any atom is -0.400 e. The topological polar surface area (TPSA) is 27.7 Å². The van der Waals surface area contributed by atoms with E-state index in [1.165, 1.54) is 0 Å². The van der Waals surface area contributed by atoms with E-state index in [9.17, 15) is 0 Å². The Labute approximate surface area is 112 Å². The molecule has 4 heteroatoms. The predicted molar refractivity (Wildman–Crippen MR) is 75.5 cm³/mol.